The molecule has 1 N–H and O–H groups in total. The monoisotopic (exact) mass is 330 g/mol. The third-order valence-electron chi connectivity index (χ3n) is 3.49. The molecule has 0 atom stereocenters. The van der Waals surface area contributed by atoms with Crippen LogP contribution in [0, 0.1) is 13.8 Å². The number of halogens is 1. The first-order valence-corrected chi connectivity index (χ1v) is 7.54. The molecule has 8 heteroatoms. The van der Waals surface area contributed by atoms with Gasteiger partial charge in [0.25, 0.3) is 11.7 Å². The van der Waals surface area contributed by atoms with Crippen LogP contribution in [0.4, 0.5) is 5.69 Å². The number of rotatable bonds is 3. The maximum Gasteiger partial charge on any atom is 0.278 e. The Labute approximate surface area is 137 Å². The predicted octanol–water partition coefficient (Wildman–Crippen LogP) is 2.60. The zero-order valence-corrected chi connectivity index (χ0v) is 13.7. The summed E-state index contributed by atoms with van der Waals surface area (Å²) in [6, 6.07) is 5.32. The average Bonchev–Trinajstić information content (AvgIpc) is 2.95. The fourth-order valence-electron chi connectivity index (χ4n) is 2.12. The number of carbonyl (C=O) groups is 1. The molecule has 0 spiro atoms. The summed E-state index contributed by atoms with van der Waals surface area (Å²) >= 11 is 6.07. The molecule has 1 amide bonds. The van der Waals surface area contributed by atoms with E-state index in [2.05, 4.69) is 25.6 Å². The Morgan fingerprint density at radius 3 is 2.78 bits per heavy atom. The lowest BCUT2D eigenvalue weighted by molar-refractivity contribution is 0.102. The molecular weight excluding hydrogens is 316 g/mol. The highest BCUT2D eigenvalue weighted by molar-refractivity contribution is 6.31. The standard InChI is InChI=1S/C15H15ClN6O/c1-4-12-18-15-20-19-13(9(3)22(15)21-12)14(23)17-10-6-5-8(2)11(16)7-10/h5-7H,4H2,1-3H3,(H,17,23). The van der Waals surface area contributed by atoms with Gasteiger partial charge in [-0.05, 0) is 31.5 Å². The fraction of sp³-hybridized carbons (Fsp3) is 0.267. The Morgan fingerprint density at radius 2 is 2.09 bits per heavy atom. The average molecular weight is 331 g/mol. The first-order valence-electron chi connectivity index (χ1n) is 7.16. The Kier molecular flexibility index (Phi) is 3.96. The van der Waals surface area contributed by atoms with Crippen LogP contribution < -0.4 is 5.32 Å². The van der Waals surface area contributed by atoms with E-state index < -0.39 is 0 Å². The number of fused-ring (bicyclic) bond motifs is 1. The molecule has 0 radical (unpaired) electrons. The first-order chi connectivity index (χ1) is 11.0. The number of anilines is 1. The van der Waals surface area contributed by atoms with Gasteiger partial charge in [0.1, 0.15) is 0 Å². The SMILES string of the molecule is CCc1nc2nnc(C(=O)Nc3ccc(C)c(Cl)c3)c(C)n2n1. The minimum Gasteiger partial charge on any atom is -0.320 e. The third-order valence-corrected chi connectivity index (χ3v) is 3.90. The maximum absolute atomic E-state index is 12.4. The number of nitrogens with one attached hydrogen (secondary N) is 1. The predicted molar refractivity (Wildman–Crippen MR) is 86.8 cm³/mol. The van der Waals surface area contributed by atoms with E-state index in [1.165, 1.54) is 4.52 Å². The molecule has 7 nitrogen and oxygen atoms in total. The van der Waals surface area contributed by atoms with Crippen molar-refractivity contribution in [2.45, 2.75) is 27.2 Å². The van der Waals surface area contributed by atoms with Crippen LogP contribution in [-0.4, -0.2) is 30.7 Å². The van der Waals surface area contributed by atoms with E-state index in [9.17, 15) is 4.79 Å². The number of hydrogen-bond donors (Lipinski definition) is 1. The lowest BCUT2D eigenvalue weighted by Crippen LogP contribution is -2.18. The maximum atomic E-state index is 12.4. The van der Waals surface area contributed by atoms with Gasteiger partial charge in [0.15, 0.2) is 11.5 Å². The van der Waals surface area contributed by atoms with E-state index in [4.69, 9.17) is 11.6 Å². The van der Waals surface area contributed by atoms with E-state index in [-0.39, 0.29) is 11.6 Å². The highest BCUT2D eigenvalue weighted by Gasteiger charge is 2.17. The van der Waals surface area contributed by atoms with Crippen molar-refractivity contribution >= 4 is 29.0 Å². The molecule has 2 heterocycles. The Bertz CT molecular complexity index is 904. The first kappa shape index (κ1) is 15.4. The summed E-state index contributed by atoms with van der Waals surface area (Å²) in [7, 11) is 0. The van der Waals surface area contributed by atoms with Gasteiger partial charge in [-0.15, -0.1) is 15.3 Å². The van der Waals surface area contributed by atoms with Crippen LogP contribution in [-0.2, 0) is 6.42 Å². The smallest absolute Gasteiger partial charge is 0.278 e. The van der Waals surface area contributed by atoms with E-state index in [1.807, 2.05) is 19.9 Å². The van der Waals surface area contributed by atoms with Gasteiger partial charge in [0.2, 0.25) is 0 Å². The van der Waals surface area contributed by atoms with Crippen molar-refractivity contribution in [3.63, 3.8) is 0 Å². The van der Waals surface area contributed by atoms with Gasteiger partial charge in [-0.2, -0.15) is 9.50 Å². The zero-order valence-electron chi connectivity index (χ0n) is 13.0. The minimum atomic E-state index is -0.370. The molecule has 3 rings (SSSR count). The van der Waals surface area contributed by atoms with Gasteiger partial charge in [-0.1, -0.05) is 24.6 Å². The minimum absolute atomic E-state index is 0.196. The number of amides is 1. The molecule has 0 fully saturated rings. The van der Waals surface area contributed by atoms with E-state index in [0.717, 1.165) is 5.56 Å². The van der Waals surface area contributed by atoms with Crippen LogP contribution in [0.5, 0.6) is 0 Å². The van der Waals surface area contributed by atoms with Gasteiger partial charge in [0, 0.05) is 17.1 Å². The molecule has 1 aromatic carbocycles. The molecule has 0 unspecified atom stereocenters. The quantitative estimate of drug-likeness (QED) is 0.797. The van der Waals surface area contributed by atoms with Gasteiger partial charge < -0.3 is 5.32 Å². The highest BCUT2D eigenvalue weighted by atomic mass is 35.5. The van der Waals surface area contributed by atoms with Crippen molar-refractivity contribution in [1.29, 1.82) is 0 Å². The van der Waals surface area contributed by atoms with Gasteiger partial charge in [0.05, 0.1) is 5.69 Å². The topological polar surface area (TPSA) is 85.1 Å². The Balaban J connectivity index is 1.94. The fourth-order valence-corrected chi connectivity index (χ4v) is 2.30. The number of carbonyl (C=O) groups excluding carboxylic acids is 1. The Hall–Kier alpha value is -2.54. The van der Waals surface area contributed by atoms with Crippen molar-refractivity contribution in [3.05, 3.63) is 46.0 Å². The van der Waals surface area contributed by atoms with Crippen molar-refractivity contribution in [3.8, 4) is 0 Å². The molecule has 0 aliphatic carbocycles. The van der Waals surface area contributed by atoms with Crippen LogP contribution in [0.2, 0.25) is 5.02 Å². The second-order valence-corrected chi connectivity index (χ2v) is 5.55. The van der Waals surface area contributed by atoms with Crippen LogP contribution in [0.15, 0.2) is 18.2 Å². The van der Waals surface area contributed by atoms with E-state index >= 15 is 0 Å². The lowest BCUT2D eigenvalue weighted by Gasteiger charge is -2.08. The van der Waals surface area contributed by atoms with Crippen molar-refractivity contribution < 1.29 is 4.79 Å². The highest BCUT2D eigenvalue weighted by Crippen LogP contribution is 2.20. The summed E-state index contributed by atoms with van der Waals surface area (Å²) in [6.07, 6.45) is 0.687. The molecule has 0 saturated carbocycles. The van der Waals surface area contributed by atoms with Gasteiger partial charge in [-0.3, -0.25) is 4.79 Å². The number of hydrogen-bond acceptors (Lipinski definition) is 5. The largest absolute Gasteiger partial charge is 0.320 e. The molecule has 0 bridgehead atoms. The normalized spacial score (nSPS) is 11.0. The number of nitrogens with zero attached hydrogens (tertiary/aromatic N) is 5. The number of aryl methyl sites for hydroxylation is 3. The zero-order chi connectivity index (χ0) is 16.6. The molecule has 0 saturated heterocycles. The second-order valence-electron chi connectivity index (χ2n) is 5.15. The second kappa shape index (κ2) is 5.92. The lowest BCUT2D eigenvalue weighted by atomic mass is 10.2. The van der Waals surface area contributed by atoms with Crippen molar-refractivity contribution in [2.75, 3.05) is 5.32 Å². The molecule has 3 aromatic rings. The summed E-state index contributed by atoms with van der Waals surface area (Å²) in [5, 5.41) is 15.6. The van der Waals surface area contributed by atoms with Gasteiger partial charge in [-0.25, -0.2) is 0 Å². The van der Waals surface area contributed by atoms with Crippen molar-refractivity contribution in [2.24, 2.45) is 0 Å². The van der Waals surface area contributed by atoms with Crippen molar-refractivity contribution in [1.82, 2.24) is 24.8 Å². The summed E-state index contributed by atoms with van der Waals surface area (Å²) in [5.41, 5.74) is 2.32. The van der Waals surface area contributed by atoms with Gasteiger partial charge >= 0.3 is 0 Å². The summed E-state index contributed by atoms with van der Waals surface area (Å²) in [5.74, 6) is 0.671. The molecule has 0 aliphatic rings. The van der Waals surface area contributed by atoms with Crippen LogP contribution in [0.1, 0.15) is 34.5 Å². The van der Waals surface area contributed by atoms with Crippen LogP contribution in [0.3, 0.4) is 0 Å². The summed E-state index contributed by atoms with van der Waals surface area (Å²) in [4.78, 5) is 16.7. The molecule has 118 valence electrons. The molecule has 0 aliphatic heterocycles. The molecular formula is C15H15ClN6O. The third kappa shape index (κ3) is 2.87. The Morgan fingerprint density at radius 1 is 1.30 bits per heavy atom. The molecule has 23 heavy (non-hydrogen) atoms. The molecule has 2 aromatic heterocycles. The number of benzene rings is 1. The van der Waals surface area contributed by atoms with E-state index in [0.29, 0.717) is 34.4 Å². The number of aromatic nitrogens is 5. The van der Waals surface area contributed by atoms with Crippen LogP contribution in [0.25, 0.3) is 5.78 Å². The summed E-state index contributed by atoms with van der Waals surface area (Å²) < 4.78 is 1.53. The van der Waals surface area contributed by atoms with E-state index in [1.54, 1.807) is 19.1 Å². The summed E-state index contributed by atoms with van der Waals surface area (Å²) in [6.45, 7) is 5.60. The van der Waals surface area contributed by atoms with Crippen LogP contribution >= 0.6 is 11.6 Å².